The average Bonchev–Trinajstić information content (AvgIpc) is 3.15. The number of carbonyl (C=O) groups excluding carboxylic acids is 4. The van der Waals surface area contributed by atoms with Gasteiger partial charge in [-0.3, -0.25) is 24.8 Å². The Balaban J connectivity index is 1.38. The summed E-state index contributed by atoms with van der Waals surface area (Å²) in [6, 6.07) is 8.02. The normalized spacial score (nSPS) is 13.2. The third kappa shape index (κ3) is 8.33. The number of pyridine rings is 1. The Kier molecular flexibility index (Phi) is 9.73. The van der Waals surface area contributed by atoms with Crippen molar-refractivity contribution in [2.45, 2.75) is 57.8 Å². The molecule has 1 saturated heterocycles. The van der Waals surface area contributed by atoms with Gasteiger partial charge in [0, 0.05) is 50.4 Å². The van der Waals surface area contributed by atoms with Gasteiger partial charge in [-0.1, -0.05) is 12.1 Å². The topological polar surface area (TPSA) is 168 Å². The predicted molar refractivity (Wildman–Crippen MR) is 132 cm³/mol. The third-order valence-electron chi connectivity index (χ3n) is 5.71. The van der Waals surface area contributed by atoms with Gasteiger partial charge >= 0.3 is 5.97 Å². The summed E-state index contributed by atoms with van der Waals surface area (Å²) in [4.78, 5) is 56.4. The lowest BCUT2D eigenvalue weighted by Gasteiger charge is -2.12. The summed E-state index contributed by atoms with van der Waals surface area (Å²) in [5.74, 6) is -1.63. The van der Waals surface area contributed by atoms with Crippen LogP contribution in [0.3, 0.4) is 0 Å². The molecule has 1 aliphatic rings. The summed E-state index contributed by atoms with van der Waals surface area (Å²) < 4.78 is 0. The van der Waals surface area contributed by atoms with Crippen LogP contribution < -0.4 is 16.4 Å². The molecule has 0 bridgehead atoms. The minimum absolute atomic E-state index is 0.00118. The molecule has 1 fully saturated rings. The lowest BCUT2D eigenvalue weighted by molar-refractivity contribution is -0.197. The summed E-state index contributed by atoms with van der Waals surface area (Å²) in [5.41, 5.74) is 8.14. The number of guanidine groups is 1. The predicted octanol–water partition coefficient (Wildman–Crippen LogP) is 1.48. The number of nitrogens with two attached hydrogens (primary N) is 1. The summed E-state index contributed by atoms with van der Waals surface area (Å²) in [6.45, 7) is 1.09. The van der Waals surface area contributed by atoms with Gasteiger partial charge in [-0.05, 0) is 55.4 Å². The molecule has 0 radical (unpaired) electrons. The zero-order chi connectivity index (χ0) is 25.9. The number of hydrogen-bond donors (Lipinski definition) is 4. The molecule has 0 unspecified atom stereocenters. The smallest absolute Gasteiger partial charge is 0.333 e. The van der Waals surface area contributed by atoms with Crippen molar-refractivity contribution in [1.29, 1.82) is 5.41 Å². The number of aromatic nitrogens is 1. The number of benzene rings is 1. The Morgan fingerprint density at radius 1 is 0.972 bits per heavy atom. The highest BCUT2D eigenvalue weighted by molar-refractivity contribution is 6.01. The Hall–Kier alpha value is -4.02. The van der Waals surface area contributed by atoms with Gasteiger partial charge in [0.05, 0.1) is 5.52 Å². The Bertz CT molecular complexity index is 1120. The molecule has 1 aromatic carbocycles. The molecule has 1 aromatic heterocycles. The van der Waals surface area contributed by atoms with Gasteiger partial charge in [0.15, 0.2) is 5.96 Å². The van der Waals surface area contributed by atoms with E-state index in [1.807, 2.05) is 24.4 Å². The molecular formula is C25H32N6O5. The van der Waals surface area contributed by atoms with E-state index >= 15 is 0 Å². The number of amides is 3. The summed E-state index contributed by atoms with van der Waals surface area (Å²) in [6.07, 6.45) is 5.83. The molecule has 0 spiro atoms. The van der Waals surface area contributed by atoms with Crippen LogP contribution in [0.4, 0.5) is 0 Å². The van der Waals surface area contributed by atoms with Crippen molar-refractivity contribution >= 4 is 40.6 Å². The standard InChI is InChI=1S/C25H32N6O5/c26-25(27)29-13-3-12-28-21(32)6-1-5-18-14-19-9-8-17(15-20(19)30-16-18)4-2-7-24(35)36-31-22(33)10-11-23(31)34/h8-9,14-16H,1-7,10-13H2,(H,28,32)(H4,26,27,29). The van der Waals surface area contributed by atoms with Crippen LogP contribution >= 0.6 is 0 Å². The van der Waals surface area contributed by atoms with Crippen LogP contribution in [0.5, 0.6) is 0 Å². The van der Waals surface area contributed by atoms with Gasteiger partial charge < -0.3 is 21.2 Å². The van der Waals surface area contributed by atoms with Crippen molar-refractivity contribution in [3.63, 3.8) is 0 Å². The maximum absolute atomic E-state index is 11.9. The van der Waals surface area contributed by atoms with Crippen LogP contribution in [0.1, 0.15) is 56.1 Å². The number of carbonyl (C=O) groups is 4. The number of imide groups is 1. The maximum atomic E-state index is 11.9. The Morgan fingerprint density at radius 2 is 1.67 bits per heavy atom. The fourth-order valence-electron chi connectivity index (χ4n) is 3.83. The first-order chi connectivity index (χ1) is 17.3. The minimum atomic E-state index is -0.596. The molecule has 192 valence electrons. The number of hydroxylamine groups is 2. The number of rotatable bonds is 13. The SMILES string of the molecule is N=C(N)NCCCNC(=O)CCCc1cnc2cc(CCCC(=O)ON3C(=O)CCC3=O)ccc2c1. The highest BCUT2D eigenvalue weighted by atomic mass is 16.7. The van der Waals surface area contributed by atoms with E-state index in [1.165, 1.54) is 0 Å². The van der Waals surface area contributed by atoms with E-state index in [0.717, 1.165) is 28.5 Å². The lowest BCUT2D eigenvalue weighted by Crippen LogP contribution is -2.33. The Morgan fingerprint density at radius 3 is 2.42 bits per heavy atom. The van der Waals surface area contributed by atoms with E-state index in [-0.39, 0.29) is 31.1 Å². The number of nitrogens with zero attached hydrogens (tertiary/aromatic N) is 2. The quantitative estimate of drug-likeness (QED) is 0.140. The van der Waals surface area contributed by atoms with Gasteiger partial charge in [-0.25, -0.2) is 4.79 Å². The fourth-order valence-corrected chi connectivity index (χ4v) is 3.83. The molecule has 2 heterocycles. The van der Waals surface area contributed by atoms with Gasteiger partial charge in [-0.2, -0.15) is 0 Å². The molecule has 11 nitrogen and oxygen atoms in total. The van der Waals surface area contributed by atoms with E-state index < -0.39 is 17.8 Å². The molecule has 2 aromatic rings. The van der Waals surface area contributed by atoms with Crippen LogP contribution in [-0.2, 0) is 36.9 Å². The second-order valence-corrected chi connectivity index (χ2v) is 8.67. The number of nitrogens with one attached hydrogen (secondary N) is 3. The zero-order valence-electron chi connectivity index (χ0n) is 20.2. The molecule has 0 aliphatic carbocycles. The van der Waals surface area contributed by atoms with E-state index in [1.54, 1.807) is 0 Å². The largest absolute Gasteiger partial charge is 0.370 e. The van der Waals surface area contributed by atoms with Crippen LogP contribution in [0.2, 0.25) is 0 Å². The first-order valence-corrected chi connectivity index (χ1v) is 12.1. The summed E-state index contributed by atoms with van der Waals surface area (Å²) >= 11 is 0. The number of aryl methyl sites for hydroxylation is 2. The van der Waals surface area contributed by atoms with Crippen molar-refractivity contribution in [3.05, 3.63) is 41.6 Å². The highest BCUT2D eigenvalue weighted by Gasteiger charge is 2.32. The molecule has 0 saturated carbocycles. The Labute approximate surface area is 209 Å². The second kappa shape index (κ2) is 13.2. The monoisotopic (exact) mass is 496 g/mol. The summed E-state index contributed by atoms with van der Waals surface area (Å²) in [7, 11) is 0. The van der Waals surface area contributed by atoms with Crippen molar-refractivity contribution in [2.75, 3.05) is 13.1 Å². The van der Waals surface area contributed by atoms with Crippen LogP contribution in [-0.4, -0.2) is 52.8 Å². The van der Waals surface area contributed by atoms with Crippen LogP contribution in [0.15, 0.2) is 30.5 Å². The van der Waals surface area contributed by atoms with Crippen LogP contribution in [0, 0.1) is 5.41 Å². The van der Waals surface area contributed by atoms with Crippen molar-refractivity contribution in [1.82, 2.24) is 20.7 Å². The number of fused-ring (bicyclic) bond motifs is 1. The second-order valence-electron chi connectivity index (χ2n) is 8.67. The van der Waals surface area contributed by atoms with Gasteiger partial charge in [-0.15, -0.1) is 5.06 Å². The molecule has 1 aliphatic heterocycles. The molecular weight excluding hydrogens is 464 g/mol. The first-order valence-electron chi connectivity index (χ1n) is 12.1. The van der Waals surface area contributed by atoms with Gasteiger partial charge in [0.1, 0.15) is 0 Å². The van der Waals surface area contributed by atoms with Crippen molar-refractivity contribution < 1.29 is 24.0 Å². The zero-order valence-corrected chi connectivity index (χ0v) is 20.2. The van der Waals surface area contributed by atoms with Gasteiger partial charge in [0.25, 0.3) is 11.8 Å². The van der Waals surface area contributed by atoms with E-state index in [2.05, 4.69) is 21.7 Å². The van der Waals surface area contributed by atoms with E-state index in [0.29, 0.717) is 50.3 Å². The maximum Gasteiger partial charge on any atom is 0.333 e. The van der Waals surface area contributed by atoms with Gasteiger partial charge in [0.2, 0.25) is 5.91 Å². The summed E-state index contributed by atoms with van der Waals surface area (Å²) in [5, 5.41) is 14.2. The third-order valence-corrected chi connectivity index (χ3v) is 5.71. The minimum Gasteiger partial charge on any atom is -0.370 e. The molecule has 36 heavy (non-hydrogen) atoms. The van der Waals surface area contributed by atoms with Crippen molar-refractivity contribution in [2.24, 2.45) is 5.73 Å². The fraction of sp³-hybridized carbons (Fsp3) is 0.440. The molecule has 11 heteroatoms. The average molecular weight is 497 g/mol. The first kappa shape index (κ1) is 26.6. The molecule has 3 rings (SSSR count). The molecule has 3 amide bonds. The highest BCUT2D eigenvalue weighted by Crippen LogP contribution is 2.19. The van der Waals surface area contributed by atoms with Crippen LogP contribution in [0.25, 0.3) is 10.9 Å². The molecule has 0 atom stereocenters. The lowest BCUT2D eigenvalue weighted by atomic mass is 10.0. The van der Waals surface area contributed by atoms with E-state index in [4.69, 9.17) is 16.0 Å². The number of hydrogen-bond acceptors (Lipinski definition) is 7. The van der Waals surface area contributed by atoms with E-state index in [9.17, 15) is 19.2 Å². The molecule has 5 N–H and O–H groups in total. The van der Waals surface area contributed by atoms with Crippen molar-refractivity contribution in [3.8, 4) is 0 Å².